The Morgan fingerprint density at radius 1 is 1.18 bits per heavy atom. The van der Waals surface area contributed by atoms with Gasteiger partial charge in [-0.2, -0.15) is 0 Å². The number of likely N-dealkylation sites (tertiary alicyclic amines) is 1. The molecule has 1 fully saturated rings. The number of urea groups is 1. The molecule has 3 amide bonds. The van der Waals surface area contributed by atoms with Crippen molar-refractivity contribution in [3.63, 3.8) is 0 Å². The number of ketones is 1. The van der Waals surface area contributed by atoms with E-state index < -0.39 is 6.03 Å². The monoisotopic (exact) mass is 515 g/mol. The summed E-state index contributed by atoms with van der Waals surface area (Å²) in [6.07, 6.45) is 1.83. The fourth-order valence-electron chi connectivity index (χ4n) is 4.64. The number of hydrogen-bond donors (Lipinski definition) is 2. The van der Waals surface area contributed by atoms with Gasteiger partial charge in [0.05, 0.1) is 12.7 Å². The van der Waals surface area contributed by atoms with Crippen LogP contribution in [0.15, 0.2) is 41.3 Å². The van der Waals surface area contributed by atoms with E-state index in [2.05, 4.69) is 5.32 Å². The number of nitrogens with two attached hydrogens (primary N) is 1. The standard InChI is InChI=1S/C24H22ClN3O4S2/c1-32-14-3-4-15-19(11-14)33-21(27-23(26)31)20(15)22(30)28-8-6-24(7-9-28)12-17(29)16-10-13(25)2-5-18(16)34-24/h2-5,10-11H,6-9,12H2,1H3,(H3,26,27,31). The van der Waals surface area contributed by atoms with E-state index in [1.165, 1.54) is 11.3 Å². The molecule has 0 aliphatic carbocycles. The molecule has 0 radical (unpaired) electrons. The van der Waals surface area contributed by atoms with Crippen LogP contribution in [-0.2, 0) is 0 Å². The van der Waals surface area contributed by atoms with Crippen LogP contribution < -0.4 is 15.8 Å². The first-order chi connectivity index (χ1) is 16.3. The fraction of sp³-hybridized carbons (Fsp3) is 0.292. The third-order valence-electron chi connectivity index (χ3n) is 6.36. The number of piperidine rings is 1. The van der Waals surface area contributed by atoms with Crippen LogP contribution in [0.2, 0.25) is 5.02 Å². The van der Waals surface area contributed by atoms with Gasteiger partial charge >= 0.3 is 6.03 Å². The highest BCUT2D eigenvalue weighted by atomic mass is 35.5. The molecule has 3 aromatic rings. The second-order valence-corrected chi connectivity index (χ2v) is 11.5. The van der Waals surface area contributed by atoms with Gasteiger partial charge in [0.2, 0.25) is 0 Å². The van der Waals surface area contributed by atoms with Gasteiger partial charge in [-0.1, -0.05) is 11.6 Å². The summed E-state index contributed by atoms with van der Waals surface area (Å²) in [5.41, 5.74) is 6.49. The van der Waals surface area contributed by atoms with Crippen LogP contribution in [0.5, 0.6) is 5.75 Å². The smallest absolute Gasteiger partial charge is 0.317 e. The topological polar surface area (TPSA) is 102 Å². The van der Waals surface area contributed by atoms with E-state index in [9.17, 15) is 14.4 Å². The normalized spacial score (nSPS) is 17.0. The van der Waals surface area contributed by atoms with E-state index in [-0.39, 0.29) is 16.4 Å². The number of amides is 3. The lowest BCUT2D eigenvalue weighted by atomic mass is 9.87. The van der Waals surface area contributed by atoms with E-state index in [0.717, 1.165) is 15.0 Å². The quantitative estimate of drug-likeness (QED) is 0.485. The van der Waals surface area contributed by atoms with Gasteiger partial charge in [0, 0.05) is 49.8 Å². The molecule has 0 unspecified atom stereocenters. The van der Waals surface area contributed by atoms with Gasteiger partial charge in [0.1, 0.15) is 10.8 Å². The van der Waals surface area contributed by atoms with Crippen LogP contribution in [0.1, 0.15) is 40.0 Å². The lowest BCUT2D eigenvalue weighted by Gasteiger charge is -2.43. The van der Waals surface area contributed by atoms with Crippen molar-refractivity contribution in [2.45, 2.75) is 28.9 Å². The first-order valence-electron chi connectivity index (χ1n) is 10.8. The number of nitrogens with zero attached hydrogens (tertiary/aromatic N) is 1. The van der Waals surface area contributed by atoms with E-state index in [1.807, 2.05) is 24.3 Å². The first-order valence-corrected chi connectivity index (χ1v) is 12.8. The predicted octanol–water partition coefficient (Wildman–Crippen LogP) is 5.41. The van der Waals surface area contributed by atoms with Gasteiger partial charge < -0.3 is 15.4 Å². The molecule has 2 aliphatic heterocycles. The van der Waals surface area contributed by atoms with Gasteiger partial charge in [0.15, 0.2) is 5.78 Å². The predicted molar refractivity (Wildman–Crippen MR) is 136 cm³/mol. The number of rotatable bonds is 3. The van der Waals surface area contributed by atoms with Crippen LogP contribution in [0.25, 0.3) is 10.1 Å². The van der Waals surface area contributed by atoms with Crippen LogP contribution in [-0.4, -0.2) is 47.6 Å². The number of hydrogen-bond acceptors (Lipinski definition) is 6. The second kappa shape index (κ2) is 8.79. The van der Waals surface area contributed by atoms with Crippen molar-refractivity contribution in [3.05, 3.63) is 52.5 Å². The Balaban J connectivity index is 1.40. The molecular formula is C24H22ClN3O4S2. The summed E-state index contributed by atoms with van der Waals surface area (Å²) in [6, 6.07) is 10.2. The van der Waals surface area contributed by atoms with E-state index in [1.54, 1.807) is 35.9 Å². The Bertz CT molecular complexity index is 1330. The number of thioether (sulfide) groups is 1. The van der Waals surface area contributed by atoms with Gasteiger partial charge in [-0.3, -0.25) is 14.9 Å². The molecule has 1 aromatic heterocycles. The molecule has 34 heavy (non-hydrogen) atoms. The third-order valence-corrected chi connectivity index (χ3v) is 9.23. The zero-order valence-corrected chi connectivity index (χ0v) is 20.7. The Kier molecular flexibility index (Phi) is 5.95. The maximum absolute atomic E-state index is 13.6. The number of ether oxygens (including phenoxy) is 1. The SMILES string of the molecule is COc1ccc2c(C(=O)N3CCC4(CC3)CC(=O)c3cc(Cl)ccc3S4)c(NC(N)=O)sc2c1. The number of Topliss-reactive ketones (excluding diaryl/α,β-unsaturated/α-hetero) is 1. The Labute approximate surface area is 209 Å². The summed E-state index contributed by atoms with van der Waals surface area (Å²) in [5.74, 6) is 0.606. The average Bonchev–Trinajstić information content (AvgIpc) is 3.15. The number of anilines is 1. The number of carbonyl (C=O) groups is 3. The number of thiophene rings is 1. The van der Waals surface area contributed by atoms with Crippen molar-refractivity contribution in [1.82, 2.24) is 4.90 Å². The van der Waals surface area contributed by atoms with E-state index >= 15 is 0 Å². The summed E-state index contributed by atoms with van der Waals surface area (Å²) in [7, 11) is 1.58. The lowest BCUT2D eigenvalue weighted by molar-refractivity contribution is 0.0699. The second-order valence-electron chi connectivity index (χ2n) is 8.48. The molecule has 176 valence electrons. The highest BCUT2D eigenvalue weighted by Gasteiger charge is 2.43. The maximum Gasteiger partial charge on any atom is 0.317 e. The minimum Gasteiger partial charge on any atom is -0.497 e. The Morgan fingerprint density at radius 2 is 1.94 bits per heavy atom. The number of halogens is 1. The van der Waals surface area contributed by atoms with Gasteiger partial charge in [-0.15, -0.1) is 23.1 Å². The highest BCUT2D eigenvalue weighted by Crippen LogP contribution is 2.49. The molecule has 1 saturated heterocycles. The fourth-order valence-corrected chi connectivity index (χ4v) is 7.41. The minimum atomic E-state index is -0.721. The molecule has 0 atom stereocenters. The van der Waals surface area contributed by atoms with Gasteiger partial charge in [-0.05, 0) is 49.2 Å². The van der Waals surface area contributed by atoms with Crippen molar-refractivity contribution in [2.24, 2.45) is 5.73 Å². The highest BCUT2D eigenvalue weighted by molar-refractivity contribution is 8.01. The molecule has 2 aliphatic rings. The van der Waals surface area contributed by atoms with E-state index in [0.29, 0.717) is 59.3 Å². The summed E-state index contributed by atoms with van der Waals surface area (Å²) in [5, 5.41) is 4.34. The van der Waals surface area contributed by atoms with Crippen LogP contribution in [0.3, 0.4) is 0 Å². The zero-order valence-electron chi connectivity index (χ0n) is 18.4. The van der Waals surface area contributed by atoms with Gasteiger partial charge in [0.25, 0.3) is 5.91 Å². The molecule has 7 nitrogen and oxygen atoms in total. The minimum absolute atomic E-state index is 0.0988. The average molecular weight is 516 g/mol. The third kappa shape index (κ3) is 4.12. The molecule has 0 saturated carbocycles. The molecule has 3 N–H and O–H groups in total. The largest absolute Gasteiger partial charge is 0.497 e. The van der Waals surface area contributed by atoms with Crippen LogP contribution >= 0.6 is 34.7 Å². The zero-order chi connectivity index (χ0) is 24.0. The number of methoxy groups -OCH3 is 1. The molecule has 0 bridgehead atoms. The van der Waals surface area contributed by atoms with Crippen LogP contribution in [0, 0.1) is 0 Å². The Hall–Kier alpha value is -2.75. The summed E-state index contributed by atoms with van der Waals surface area (Å²) in [4.78, 5) is 40.8. The van der Waals surface area contributed by atoms with Crippen molar-refractivity contribution < 1.29 is 19.1 Å². The number of nitrogens with one attached hydrogen (secondary N) is 1. The van der Waals surface area contributed by atoms with E-state index in [4.69, 9.17) is 22.1 Å². The van der Waals surface area contributed by atoms with Gasteiger partial charge in [-0.25, -0.2) is 4.79 Å². The van der Waals surface area contributed by atoms with Crippen molar-refractivity contribution in [1.29, 1.82) is 0 Å². The number of carbonyl (C=O) groups excluding carboxylic acids is 3. The molecule has 5 rings (SSSR count). The first kappa shape index (κ1) is 23.0. The molecule has 2 aromatic carbocycles. The summed E-state index contributed by atoms with van der Waals surface area (Å²) in [6.45, 7) is 1.04. The summed E-state index contributed by atoms with van der Waals surface area (Å²) < 4.78 is 5.89. The summed E-state index contributed by atoms with van der Waals surface area (Å²) >= 11 is 9.09. The number of fused-ring (bicyclic) bond motifs is 2. The molecule has 1 spiro atoms. The van der Waals surface area contributed by atoms with Crippen molar-refractivity contribution in [3.8, 4) is 5.75 Å². The van der Waals surface area contributed by atoms with Crippen molar-refractivity contribution in [2.75, 3.05) is 25.5 Å². The molecule has 3 heterocycles. The maximum atomic E-state index is 13.6. The number of primary amides is 1. The molecular weight excluding hydrogens is 494 g/mol. The van der Waals surface area contributed by atoms with Crippen molar-refractivity contribution >= 4 is 67.5 Å². The number of benzene rings is 2. The Morgan fingerprint density at radius 3 is 2.65 bits per heavy atom. The lowest BCUT2D eigenvalue weighted by Crippen LogP contribution is -2.47. The molecule has 10 heteroatoms. The van der Waals surface area contributed by atoms with Crippen LogP contribution in [0.4, 0.5) is 9.80 Å².